The molecule has 0 N–H and O–H groups in total. The van der Waals surface area contributed by atoms with Crippen molar-refractivity contribution in [1.29, 1.82) is 0 Å². The Morgan fingerprint density at radius 2 is 1.94 bits per heavy atom. The highest BCUT2D eigenvalue weighted by Gasteiger charge is 2.30. The molecule has 1 atom stereocenters. The van der Waals surface area contributed by atoms with Crippen molar-refractivity contribution in [3.8, 4) is 0 Å². The number of ether oxygens (including phenoxy) is 1. The van der Waals surface area contributed by atoms with Gasteiger partial charge in [-0.05, 0) is 49.8 Å². The van der Waals surface area contributed by atoms with Gasteiger partial charge in [0.15, 0.2) is 0 Å². The first kappa shape index (κ1) is 23.3. The largest absolute Gasteiger partial charge is 0.416 e. The van der Waals surface area contributed by atoms with Crippen LogP contribution in [0.5, 0.6) is 0 Å². The van der Waals surface area contributed by atoms with E-state index in [2.05, 4.69) is 23.2 Å². The number of allylic oxidation sites excluding steroid dienone is 1. The first-order chi connectivity index (χ1) is 14.9. The van der Waals surface area contributed by atoms with Gasteiger partial charge in [0.1, 0.15) is 12.8 Å². The molecular weight excluding hydrogens is 407 g/mol. The van der Waals surface area contributed by atoms with Crippen LogP contribution in [0.15, 0.2) is 46.2 Å². The summed E-state index contributed by atoms with van der Waals surface area (Å²) in [7, 11) is 0. The Morgan fingerprint density at radius 3 is 2.58 bits per heavy atom. The fourth-order valence-corrected chi connectivity index (χ4v) is 3.68. The third kappa shape index (κ3) is 6.82. The lowest BCUT2D eigenvalue weighted by Gasteiger charge is -2.35. The lowest BCUT2D eigenvalue weighted by molar-refractivity contribution is -0.137. The molecule has 2 aliphatic heterocycles. The second-order valence-corrected chi connectivity index (χ2v) is 8.03. The van der Waals surface area contributed by atoms with Crippen molar-refractivity contribution in [3.05, 3.63) is 47.2 Å². The summed E-state index contributed by atoms with van der Waals surface area (Å²) in [4.78, 5) is 12.4. The second-order valence-electron chi connectivity index (χ2n) is 8.03. The molecule has 1 fully saturated rings. The summed E-state index contributed by atoms with van der Waals surface area (Å²) in [5.74, 6) is 0.590. The number of aliphatic imine (C=N–C) groups is 1. The Bertz CT molecular complexity index is 797. The first-order valence-electron chi connectivity index (χ1n) is 10.8. The summed E-state index contributed by atoms with van der Waals surface area (Å²) in [6, 6.07) is 4.90. The van der Waals surface area contributed by atoms with Crippen molar-refractivity contribution >= 4 is 11.9 Å². The standard InChI is InChI=1S/C23H30F3N3O2/c1-3-4-22-27-13-20(15-29(22)14-18-9-11-30-12-10-18)17(2)28-31-16-19-5-7-21(8-6-19)23(24,25)26/h5-8,13,15,18,22H,3-4,9-12,14,16H2,1-2H3. The van der Waals surface area contributed by atoms with Gasteiger partial charge in [0.25, 0.3) is 0 Å². The molecule has 0 saturated carbocycles. The van der Waals surface area contributed by atoms with Gasteiger partial charge < -0.3 is 14.5 Å². The van der Waals surface area contributed by atoms with Crippen LogP contribution in [-0.2, 0) is 22.4 Å². The van der Waals surface area contributed by atoms with E-state index in [-0.39, 0.29) is 12.8 Å². The molecule has 170 valence electrons. The van der Waals surface area contributed by atoms with E-state index in [0.29, 0.717) is 17.2 Å². The monoisotopic (exact) mass is 437 g/mol. The number of oxime groups is 1. The van der Waals surface area contributed by atoms with E-state index in [0.717, 1.165) is 63.1 Å². The summed E-state index contributed by atoms with van der Waals surface area (Å²) >= 11 is 0. The SMILES string of the molecule is CCCC1N=CC(C(C)=NOCc2ccc(C(F)(F)F)cc2)=CN1CC1CCOCC1. The number of nitrogens with zero attached hydrogens (tertiary/aromatic N) is 3. The van der Waals surface area contributed by atoms with Crippen molar-refractivity contribution in [3.63, 3.8) is 0 Å². The van der Waals surface area contributed by atoms with Crippen LogP contribution in [-0.4, -0.2) is 42.8 Å². The van der Waals surface area contributed by atoms with Gasteiger partial charge >= 0.3 is 6.18 Å². The molecule has 5 nitrogen and oxygen atoms in total. The highest BCUT2D eigenvalue weighted by atomic mass is 19.4. The van der Waals surface area contributed by atoms with Crippen molar-refractivity contribution in [1.82, 2.24) is 4.90 Å². The van der Waals surface area contributed by atoms with E-state index in [1.165, 1.54) is 12.1 Å². The molecule has 2 heterocycles. The predicted molar refractivity (Wildman–Crippen MR) is 115 cm³/mol. The van der Waals surface area contributed by atoms with E-state index in [4.69, 9.17) is 14.6 Å². The maximum absolute atomic E-state index is 12.7. The van der Waals surface area contributed by atoms with Crippen LogP contribution < -0.4 is 0 Å². The molecule has 0 aromatic heterocycles. The number of halogens is 3. The highest BCUT2D eigenvalue weighted by Crippen LogP contribution is 2.29. The molecule has 1 aromatic carbocycles. The van der Waals surface area contributed by atoms with Crippen LogP contribution in [0.25, 0.3) is 0 Å². The molecule has 0 aliphatic carbocycles. The third-order valence-corrected chi connectivity index (χ3v) is 5.56. The molecule has 0 bridgehead atoms. The van der Waals surface area contributed by atoms with Crippen molar-refractivity contribution in [2.24, 2.45) is 16.1 Å². The third-order valence-electron chi connectivity index (χ3n) is 5.56. The Labute approximate surface area is 181 Å². The van der Waals surface area contributed by atoms with Gasteiger partial charge in [0.2, 0.25) is 0 Å². The zero-order valence-electron chi connectivity index (χ0n) is 18.1. The molecule has 8 heteroatoms. The maximum Gasteiger partial charge on any atom is 0.416 e. The van der Waals surface area contributed by atoms with Gasteiger partial charge in [-0.2, -0.15) is 13.2 Å². The lowest BCUT2D eigenvalue weighted by Crippen LogP contribution is -2.38. The zero-order chi connectivity index (χ0) is 22.3. The van der Waals surface area contributed by atoms with Crippen LogP contribution in [0, 0.1) is 5.92 Å². The van der Waals surface area contributed by atoms with Gasteiger partial charge in [0.05, 0.1) is 11.3 Å². The molecular formula is C23H30F3N3O2. The van der Waals surface area contributed by atoms with E-state index in [1.807, 2.05) is 13.1 Å². The lowest BCUT2D eigenvalue weighted by atomic mass is 9.98. The Balaban J connectivity index is 1.60. The van der Waals surface area contributed by atoms with Crippen molar-refractivity contribution in [2.45, 2.75) is 58.5 Å². The Kier molecular flexibility index (Phi) is 8.12. The molecule has 0 radical (unpaired) electrons. The van der Waals surface area contributed by atoms with Crippen LogP contribution in [0.4, 0.5) is 13.2 Å². The van der Waals surface area contributed by atoms with Gasteiger partial charge in [0, 0.05) is 37.7 Å². The van der Waals surface area contributed by atoms with Gasteiger partial charge in [-0.15, -0.1) is 0 Å². The van der Waals surface area contributed by atoms with Gasteiger partial charge in [-0.1, -0.05) is 30.6 Å². The van der Waals surface area contributed by atoms with Crippen LogP contribution in [0.3, 0.4) is 0 Å². The minimum absolute atomic E-state index is 0.101. The van der Waals surface area contributed by atoms with Crippen LogP contribution in [0.1, 0.15) is 50.7 Å². The quantitative estimate of drug-likeness (QED) is 0.403. The Hall–Kier alpha value is -2.35. The average molecular weight is 438 g/mol. The maximum atomic E-state index is 12.7. The zero-order valence-corrected chi connectivity index (χ0v) is 18.1. The highest BCUT2D eigenvalue weighted by molar-refractivity contribution is 6.15. The number of benzene rings is 1. The van der Waals surface area contributed by atoms with E-state index in [1.54, 1.807) is 0 Å². The minimum Gasteiger partial charge on any atom is -0.391 e. The molecule has 1 aromatic rings. The summed E-state index contributed by atoms with van der Waals surface area (Å²) < 4.78 is 43.4. The van der Waals surface area contributed by atoms with Gasteiger partial charge in [-0.25, -0.2) is 0 Å². The van der Waals surface area contributed by atoms with Gasteiger partial charge in [-0.3, -0.25) is 4.99 Å². The van der Waals surface area contributed by atoms with Crippen molar-refractivity contribution in [2.75, 3.05) is 19.8 Å². The first-order valence-corrected chi connectivity index (χ1v) is 10.8. The summed E-state index contributed by atoms with van der Waals surface area (Å²) in [5.41, 5.74) is 1.51. The number of rotatable bonds is 8. The molecule has 1 unspecified atom stereocenters. The summed E-state index contributed by atoms with van der Waals surface area (Å²) in [6.45, 7) is 6.67. The summed E-state index contributed by atoms with van der Waals surface area (Å²) in [5, 5.41) is 4.15. The average Bonchev–Trinajstić information content (AvgIpc) is 2.75. The topological polar surface area (TPSA) is 46.4 Å². The molecule has 1 saturated heterocycles. The molecule has 2 aliphatic rings. The Morgan fingerprint density at radius 1 is 1.23 bits per heavy atom. The van der Waals surface area contributed by atoms with E-state index < -0.39 is 11.7 Å². The molecule has 0 spiro atoms. The van der Waals surface area contributed by atoms with Crippen LogP contribution >= 0.6 is 0 Å². The van der Waals surface area contributed by atoms with Crippen molar-refractivity contribution < 1.29 is 22.7 Å². The normalized spacial score (nSPS) is 20.7. The molecule has 31 heavy (non-hydrogen) atoms. The number of hydrogen-bond acceptors (Lipinski definition) is 5. The predicted octanol–water partition coefficient (Wildman–Crippen LogP) is 5.42. The fraction of sp³-hybridized carbons (Fsp3) is 0.565. The minimum atomic E-state index is -4.34. The fourth-order valence-electron chi connectivity index (χ4n) is 3.68. The molecule has 0 amide bonds. The van der Waals surface area contributed by atoms with Crippen LogP contribution in [0.2, 0.25) is 0 Å². The van der Waals surface area contributed by atoms with E-state index >= 15 is 0 Å². The smallest absolute Gasteiger partial charge is 0.391 e. The summed E-state index contributed by atoms with van der Waals surface area (Å²) in [6.07, 6.45) is 3.90. The molecule has 3 rings (SSSR count). The second kappa shape index (κ2) is 10.8. The number of hydrogen-bond donors (Lipinski definition) is 0. The number of alkyl halides is 3. The van der Waals surface area contributed by atoms with E-state index in [9.17, 15) is 13.2 Å².